The average molecular weight is 255 g/mol. The van der Waals surface area contributed by atoms with Gasteiger partial charge in [-0.3, -0.25) is 0 Å². The summed E-state index contributed by atoms with van der Waals surface area (Å²) in [5.74, 6) is 11.0. The van der Waals surface area contributed by atoms with Crippen LogP contribution >= 0.6 is 0 Å². The highest BCUT2D eigenvalue weighted by molar-refractivity contribution is 5.68. The van der Waals surface area contributed by atoms with Gasteiger partial charge in [0.1, 0.15) is 5.60 Å². The van der Waals surface area contributed by atoms with E-state index in [1.165, 1.54) is 0 Å². The Labute approximate surface area is 114 Å². The molecule has 0 bridgehead atoms. The highest BCUT2D eigenvalue weighted by Gasteiger charge is 2.14. The number of benzene rings is 1. The molecule has 0 atom stereocenters. The Hall–Kier alpha value is -2.39. The third kappa shape index (κ3) is 7.52. The molecule has 1 amide bonds. The number of amides is 1. The van der Waals surface area contributed by atoms with E-state index in [-0.39, 0.29) is 6.54 Å². The quantitative estimate of drug-likeness (QED) is 0.783. The molecule has 3 heteroatoms. The lowest BCUT2D eigenvalue weighted by molar-refractivity contribution is 0.0535. The molecule has 0 spiro atoms. The molecule has 0 heterocycles. The zero-order valence-corrected chi connectivity index (χ0v) is 11.4. The minimum atomic E-state index is -0.495. The first-order chi connectivity index (χ1) is 8.97. The van der Waals surface area contributed by atoms with E-state index in [2.05, 4.69) is 29.0 Å². The number of carbonyl (C=O) groups excluding carboxylic acids is 1. The van der Waals surface area contributed by atoms with Crippen molar-refractivity contribution in [1.82, 2.24) is 5.32 Å². The van der Waals surface area contributed by atoms with Gasteiger partial charge < -0.3 is 10.1 Å². The normalized spacial score (nSPS) is 9.42. The van der Waals surface area contributed by atoms with Crippen LogP contribution in [-0.4, -0.2) is 18.2 Å². The molecule has 0 aliphatic heterocycles. The Kier molecular flexibility index (Phi) is 5.51. The summed E-state index contributed by atoms with van der Waals surface area (Å²) < 4.78 is 5.06. The highest BCUT2D eigenvalue weighted by Crippen LogP contribution is 2.05. The monoisotopic (exact) mass is 255 g/mol. The molecule has 0 unspecified atom stereocenters. The van der Waals surface area contributed by atoms with E-state index in [1.54, 1.807) is 0 Å². The van der Waals surface area contributed by atoms with E-state index in [0.717, 1.165) is 5.56 Å². The van der Waals surface area contributed by atoms with Crippen LogP contribution in [0.3, 0.4) is 0 Å². The summed E-state index contributed by atoms with van der Waals surface area (Å²) in [6.45, 7) is 5.65. The molecule has 98 valence electrons. The zero-order chi connectivity index (χ0) is 14.1. The minimum Gasteiger partial charge on any atom is -0.444 e. The Balaban J connectivity index is 2.34. The lowest BCUT2D eigenvalue weighted by Gasteiger charge is -2.18. The minimum absolute atomic E-state index is 0.221. The fourth-order valence-corrected chi connectivity index (χ4v) is 1.14. The first-order valence-electron chi connectivity index (χ1n) is 5.98. The fraction of sp³-hybridized carbons (Fsp3) is 0.312. The molecule has 0 saturated heterocycles. The second kappa shape index (κ2) is 7.13. The first-order valence-corrected chi connectivity index (χ1v) is 5.98. The molecule has 1 aromatic rings. The summed E-state index contributed by atoms with van der Waals surface area (Å²) in [5.41, 5.74) is 0.418. The molecule has 0 aliphatic rings. The summed E-state index contributed by atoms with van der Waals surface area (Å²) in [4.78, 5) is 11.3. The topological polar surface area (TPSA) is 38.3 Å². The number of nitrogens with one attached hydrogen (secondary N) is 1. The van der Waals surface area contributed by atoms with Crippen molar-refractivity contribution < 1.29 is 9.53 Å². The van der Waals surface area contributed by atoms with Gasteiger partial charge in [0.25, 0.3) is 0 Å². The predicted molar refractivity (Wildman–Crippen MR) is 75.3 cm³/mol. The summed E-state index contributed by atoms with van der Waals surface area (Å²) in [6, 6.07) is 9.59. The van der Waals surface area contributed by atoms with E-state index in [9.17, 15) is 4.79 Å². The van der Waals surface area contributed by atoms with Crippen molar-refractivity contribution in [2.24, 2.45) is 0 Å². The molecular weight excluding hydrogens is 238 g/mol. The number of rotatable bonds is 1. The van der Waals surface area contributed by atoms with Crippen molar-refractivity contribution in [1.29, 1.82) is 0 Å². The lowest BCUT2D eigenvalue weighted by atomic mass is 10.2. The number of hydrogen-bond acceptors (Lipinski definition) is 2. The van der Waals surface area contributed by atoms with Crippen molar-refractivity contribution >= 4 is 6.09 Å². The second-order valence-electron chi connectivity index (χ2n) is 4.77. The number of carbonyl (C=O) groups is 1. The van der Waals surface area contributed by atoms with E-state index in [4.69, 9.17) is 4.74 Å². The Bertz CT molecular complexity index is 533. The van der Waals surface area contributed by atoms with Crippen molar-refractivity contribution in [2.75, 3.05) is 6.54 Å². The first kappa shape index (κ1) is 14.7. The van der Waals surface area contributed by atoms with E-state index < -0.39 is 11.7 Å². The standard InChI is InChI=1S/C16H17NO2/c1-16(2,3)19-15(18)17-13-9-5-8-12-14-10-6-4-7-11-14/h4,6-7,10-11H,13H2,1-3H3,(H,17,18). The van der Waals surface area contributed by atoms with Crippen LogP contribution in [0.4, 0.5) is 4.79 Å². The SMILES string of the molecule is CC(C)(C)OC(=O)NCC#CC#Cc1ccccc1. The predicted octanol–water partition coefficient (Wildman–Crippen LogP) is 2.57. The summed E-state index contributed by atoms with van der Waals surface area (Å²) >= 11 is 0. The van der Waals surface area contributed by atoms with Crippen LogP contribution in [0.1, 0.15) is 26.3 Å². The second-order valence-corrected chi connectivity index (χ2v) is 4.77. The van der Waals surface area contributed by atoms with Crippen molar-refractivity contribution in [2.45, 2.75) is 26.4 Å². The molecule has 3 nitrogen and oxygen atoms in total. The van der Waals surface area contributed by atoms with Gasteiger partial charge in [-0.2, -0.15) is 0 Å². The van der Waals surface area contributed by atoms with Gasteiger partial charge in [0, 0.05) is 5.56 Å². The lowest BCUT2D eigenvalue weighted by Crippen LogP contribution is -2.32. The summed E-state index contributed by atoms with van der Waals surface area (Å²) in [6.07, 6.45) is -0.474. The molecule has 0 saturated carbocycles. The van der Waals surface area contributed by atoms with Gasteiger partial charge in [-0.15, -0.1) is 0 Å². The Morgan fingerprint density at radius 3 is 2.53 bits per heavy atom. The van der Waals surface area contributed by atoms with Gasteiger partial charge in [0.2, 0.25) is 0 Å². The number of hydrogen-bond donors (Lipinski definition) is 1. The molecule has 0 aliphatic carbocycles. The van der Waals surface area contributed by atoms with Crippen molar-refractivity contribution in [3.05, 3.63) is 35.9 Å². The highest BCUT2D eigenvalue weighted by atomic mass is 16.6. The smallest absolute Gasteiger partial charge is 0.408 e. The van der Waals surface area contributed by atoms with Crippen LogP contribution in [0.2, 0.25) is 0 Å². The molecule has 1 rings (SSSR count). The third-order valence-electron chi connectivity index (χ3n) is 1.85. The van der Waals surface area contributed by atoms with Crippen LogP contribution < -0.4 is 5.32 Å². The van der Waals surface area contributed by atoms with E-state index >= 15 is 0 Å². The average Bonchev–Trinajstić information content (AvgIpc) is 2.32. The van der Waals surface area contributed by atoms with Crippen molar-refractivity contribution in [3.63, 3.8) is 0 Å². The van der Waals surface area contributed by atoms with Crippen LogP contribution in [0.5, 0.6) is 0 Å². The zero-order valence-electron chi connectivity index (χ0n) is 11.4. The van der Waals surface area contributed by atoms with E-state index in [0.29, 0.717) is 0 Å². The molecule has 1 aromatic carbocycles. The maximum atomic E-state index is 11.3. The summed E-state index contributed by atoms with van der Waals surface area (Å²) in [5, 5.41) is 2.54. The molecule has 19 heavy (non-hydrogen) atoms. The van der Waals surface area contributed by atoms with Gasteiger partial charge >= 0.3 is 6.09 Å². The molecule has 0 fully saturated rings. The molecule has 1 N–H and O–H groups in total. The largest absolute Gasteiger partial charge is 0.444 e. The van der Waals surface area contributed by atoms with Gasteiger partial charge in [-0.25, -0.2) is 4.79 Å². The van der Waals surface area contributed by atoms with E-state index in [1.807, 2.05) is 51.1 Å². The number of ether oxygens (including phenoxy) is 1. The maximum absolute atomic E-state index is 11.3. The van der Waals surface area contributed by atoms with Crippen LogP contribution in [0, 0.1) is 23.7 Å². The molecule has 0 radical (unpaired) electrons. The molecule has 0 aromatic heterocycles. The van der Waals surface area contributed by atoms with Gasteiger partial charge in [0.15, 0.2) is 0 Å². The van der Waals surface area contributed by atoms with Gasteiger partial charge in [-0.05, 0) is 44.7 Å². The molecular formula is C16H17NO2. The Morgan fingerprint density at radius 1 is 1.21 bits per heavy atom. The third-order valence-corrected chi connectivity index (χ3v) is 1.85. The van der Waals surface area contributed by atoms with Gasteiger partial charge in [-0.1, -0.05) is 30.0 Å². The maximum Gasteiger partial charge on any atom is 0.408 e. The van der Waals surface area contributed by atoms with Crippen LogP contribution in [-0.2, 0) is 4.74 Å². The van der Waals surface area contributed by atoms with Gasteiger partial charge in [0.05, 0.1) is 6.54 Å². The Morgan fingerprint density at radius 2 is 1.89 bits per heavy atom. The van der Waals surface area contributed by atoms with Crippen molar-refractivity contribution in [3.8, 4) is 23.7 Å². The van der Waals surface area contributed by atoms with Crippen LogP contribution in [0.15, 0.2) is 30.3 Å². The van der Waals surface area contributed by atoms with Crippen LogP contribution in [0.25, 0.3) is 0 Å². The number of alkyl carbamates (subject to hydrolysis) is 1. The fourth-order valence-electron chi connectivity index (χ4n) is 1.14. The summed E-state index contributed by atoms with van der Waals surface area (Å²) in [7, 11) is 0.